The third kappa shape index (κ3) is 2.31. The van der Waals surface area contributed by atoms with Crippen molar-refractivity contribution in [3.8, 4) is 5.82 Å². The summed E-state index contributed by atoms with van der Waals surface area (Å²) in [7, 11) is 0. The molecule has 0 aliphatic rings. The highest BCUT2D eigenvalue weighted by molar-refractivity contribution is 7.18. The van der Waals surface area contributed by atoms with Crippen LogP contribution in [0.3, 0.4) is 0 Å². The number of thiophene rings is 1. The van der Waals surface area contributed by atoms with E-state index in [-0.39, 0.29) is 0 Å². The van der Waals surface area contributed by atoms with Gasteiger partial charge in [0.15, 0.2) is 5.82 Å². The first-order valence-electron chi connectivity index (χ1n) is 6.28. The Morgan fingerprint density at radius 2 is 2.26 bits per heavy atom. The lowest BCUT2D eigenvalue weighted by molar-refractivity contribution is 0.940. The highest BCUT2D eigenvalue weighted by atomic mass is 32.1. The van der Waals surface area contributed by atoms with Crippen LogP contribution in [0.15, 0.2) is 24.8 Å². The quantitative estimate of drug-likeness (QED) is 0.794. The number of aryl methyl sites for hydroxylation is 1. The smallest absolute Gasteiger partial charge is 0.226 e. The fraction of sp³-hybridized carbons (Fsp3) is 0.308. The summed E-state index contributed by atoms with van der Waals surface area (Å²) in [5, 5.41) is 4.32. The molecule has 3 aromatic rings. The van der Waals surface area contributed by atoms with Crippen molar-refractivity contribution < 1.29 is 0 Å². The number of nitrogens with one attached hydrogen (secondary N) is 1. The van der Waals surface area contributed by atoms with Gasteiger partial charge < -0.3 is 5.32 Å². The number of hydrogen-bond donors (Lipinski definition) is 1. The Morgan fingerprint density at radius 3 is 3.00 bits per heavy atom. The van der Waals surface area contributed by atoms with Gasteiger partial charge in [-0.05, 0) is 19.4 Å². The van der Waals surface area contributed by atoms with Crippen LogP contribution in [0.25, 0.3) is 16.0 Å². The van der Waals surface area contributed by atoms with E-state index in [9.17, 15) is 0 Å². The van der Waals surface area contributed by atoms with Crippen molar-refractivity contribution in [2.45, 2.75) is 20.3 Å². The minimum atomic E-state index is 0.680. The summed E-state index contributed by atoms with van der Waals surface area (Å²) in [5.74, 6) is 1.56. The Bertz CT molecular complexity index is 686. The molecule has 0 atom stereocenters. The maximum atomic E-state index is 4.60. The van der Waals surface area contributed by atoms with Crippen LogP contribution in [0.4, 0.5) is 5.95 Å². The molecule has 3 aromatic heterocycles. The predicted octanol–water partition coefficient (Wildman–Crippen LogP) is 3.01. The SMILES string of the molecule is CCCNc1nc(-n2ccnc2)c2cc(C)sc2n1. The first kappa shape index (κ1) is 12.1. The summed E-state index contributed by atoms with van der Waals surface area (Å²) in [6, 6.07) is 2.12. The average Bonchev–Trinajstić information content (AvgIpc) is 3.03. The molecule has 0 radical (unpaired) electrons. The van der Waals surface area contributed by atoms with E-state index in [0.29, 0.717) is 5.95 Å². The van der Waals surface area contributed by atoms with Gasteiger partial charge in [0.05, 0.1) is 5.39 Å². The van der Waals surface area contributed by atoms with Crippen LogP contribution < -0.4 is 5.32 Å². The van der Waals surface area contributed by atoms with Crippen LogP contribution in [0, 0.1) is 6.92 Å². The molecule has 0 fully saturated rings. The largest absolute Gasteiger partial charge is 0.354 e. The first-order chi connectivity index (χ1) is 9.28. The van der Waals surface area contributed by atoms with Gasteiger partial charge in [0, 0.05) is 23.8 Å². The van der Waals surface area contributed by atoms with Crippen LogP contribution in [-0.4, -0.2) is 26.1 Å². The predicted molar refractivity (Wildman–Crippen MR) is 78.1 cm³/mol. The van der Waals surface area contributed by atoms with Crippen molar-refractivity contribution in [3.63, 3.8) is 0 Å². The Kier molecular flexibility index (Phi) is 3.16. The van der Waals surface area contributed by atoms with E-state index < -0.39 is 0 Å². The molecule has 0 saturated heterocycles. The molecule has 1 N–H and O–H groups in total. The Labute approximate surface area is 115 Å². The van der Waals surface area contributed by atoms with Crippen LogP contribution in [-0.2, 0) is 0 Å². The van der Waals surface area contributed by atoms with E-state index in [4.69, 9.17) is 0 Å². The van der Waals surface area contributed by atoms with Gasteiger partial charge in [-0.1, -0.05) is 6.92 Å². The van der Waals surface area contributed by atoms with Crippen LogP contribution >= 0.6 is 11.3 Å². The average molecular weight is 273 g/mol. The summed E-state index contributed by atoms with van der Waals surface area (Å²) in [5.41, 5.74) is 0. The van der Waals surface area contributed by atoms with Gasteiger partial charge in [-0.2, -0.15) is 4.98 Å². The van der Waals surface area contributed by atoms with Gasteiger partial charge in [-0.25, -0.2) is 9.97 Å². The number of nitrogens with zero attached hydrogens (tertiary/aromatic N) is 4. The van der Waals surface area contributed by atoms with Crippen molar-refractivity contribution in [1.29, 1.82) is 0 Å². The number of aromatic nitrogens is 4. The molecule has 19 heavy (non-hydrogen) atoms. The lowest BCUT2D eigenvalue weighted by Gasteiger charge is -2.07. The van der Waals surface area contributed by atoms with E-state index in [2.05, 4.69) is 40.2 Å². The molecule has 3 rings (SSSR count). The fourth-order valence-electron chi connectivity index (χ4n) is 1.92. The van der Waals surface area contributed by atoms with Crippen molar-refractivity contribution in [2.24, 2.45) is 0 Å². The van der Waals surface area contributed by atoms with Crippen molar-refractivity contribution in [2.75, 3.05) is 11.9 Å². The summed E-state index contributed by atoms with van der Waals surface area (Å²) >= 11 is 1.69. The second kappa shape index (κ2) is 4.97. The van der Waals surface area contributed by atoms with E-state index in [1.165, 1.54) is 4.88 Å². The molecular weight excluding hydrogens is 258 g/mol. The van der Waals surface area contributed by atoms with Crippen LogP contribution in [0.2, 0.25) is 0 Å². The number of fused-ring (bicyclic) bond motifs is 1. The second-order valence-corrected chi connectivity index (χ2v) is 5.58. The second-order valence-electron chi connectivity index (χ2n) is 4.34. The lowest BCUT2D eigenvalue weighted by Crippen LogP contribution is -2.06. The van der Waals surface area contributed by atoms with Gasteiger partial charge in [-0.3, -0.25) is 4.57 Å². The first-order valence-corrected chi connectivity index (χ1v) is 7.10. The van der Waals surface area contributed by atoms with Crippen LogP contribution in [0.5, 0.6) is 0 Å². The molecular formula is C13H15N5S. The fourth-order valence-corrected chi connectivity index (χ4v) is 2.80. The molecule has 5 nitrogen and oxygen atoms in total. The van der Waals surface area contributed by atoms with Crippen molar-refractivity contribution in [1.82, 2.24) is 19.5 Å². The molecule has 0 aliphatic heterocycles. The lowest BCUT2D eigenvalue weighted by atomic mass is 10.3. The summed E-state index contributed by atoms with van der Waals surface area (Å²) in [4.78, 5) is 15.5. The topological polar surface area (TPSA) is 55.6 Å². The Hall–Kier alpha value is -1.95. The monoisotopic (exact) mass is 273 g/mol. The van der Waals surface area contributed by atoms with Gasteiger partial charge >= 0.3 is 0 Å². The van der Waals surface area contributed by atoms with E-state index in [0.717, 1.165) is 29.0 Å². The highest BCUT2D eigenvalue weighted by Crippen LogP contribution is 2.28. The summed E-state index contributed by atoms with van der Waals surface area (Å²) in [6.45, 7) is 5.08. The molecule has 0 amide bonds. The van der Waals surface area contributed by atoms with Gasteiger partial charge in [0.1, 0.15) is 11.2 Å². The minimum absolute atomic E-state index is 0.680. The Morgan fingerprint density at radius 1 is 1.37 bits per heavy atom. The van der Waals surface area contributed by atoms with E-state index in [1.54, 1.807) is 23.9 Å². The highest BCUT2D eigenvalue weighted by Gasteiger charge is 2.11. The molecule has 0 aliphatic carbocycles. The summed E-state index contributed by atoms with van der Waals surface area (Å²) in [6.07, 6.45) is 6.47. The van der Waals surface area contributed by atoms with Crippen molar-refractivity contribution in [3.05, 3.63) is 29.7 Å². The molecule has 0 saturated carbocycles. The normalized spacial score (nSPS) is 11.1. The van der Waals surface area contributed by atoms with E-state index >= 15 is 0 Å². The Balaban J connectivity index is 2.16. The maximum Gasteiger partial charge on any atom is 0.226 e. The zero-order valence-electron chi connectivity index (χ0n) is 10.9. The zero-order valence-corrected chi connectivity index (χ0v) is 11.7. The minimum Gasteiger partial charge on any atom is -0.354 e. The molecule has 6 heteroatoms. The van der Waals surface area contributed by atoms with Crippen molar-refractivity contribution >= 4 is 27.5 Å². The number of anilines is 1. The van der Waals surface area contributed by atoms with Crippen LogP contribution in [0.1, 0.15) is 18.2 Å². The molecule has 0 unspecified atom stereocenters. The van der Waals surface area contributed by atoms with Gasteiger partial charge in [-0.15, -0.1) is 11.3 Å². The molecule has 3 heterocycles. The molecule has 98 valence electrons. The third-order valence-electron chi connectivity index (χ3n) is 2.78. The zero-order chi connectivity index (χ0) is 13.2. The number of imidazole rings is 1. The maximum absolute atomic E-state index is 4.60. The summed E-state index contributed by atoms with van der Waals surface area (Å²) < 4.78 is 1.92. The van der Waals surface area contributed by atoms with Gasteiger partial charge in [0.2, 0.25) is 5.95 Å². The molecule has 0 spiro atoms. The van der Waals surface area contributed by atoms with Gasteiger partial charge in [0.25, 0.3) is 0 Å². The third-order valence-corrected chi connectivity index (χ3v) is 3.72. The standard InChI is InChI=1S/C13H15N5S/c1-3-4-15-13-16-11(18-6-5-14-8-18)10-7-9(2)19-12(10)17-13/h5-8H,3-4H2,1-2H3,(H,15,16,17). The molecule has 0 aromatic carbocycles. The molecule has 0 bridgehead atoms. The van der Waals surface area contributed by atoms with E-state index in [1.807, 2.05) is 10.8 Å². The number of rotatable bonds is 4. The number of hydrogen-bond acceptors (Lipinski definition) is 5.